The van der Waals surface area contributed by atoms with Gasteiger partial charge in [0.25, 0.3) is 23.6 Å². The number of nitrogens with zero attached hydrogens (tertiary/aromatic N) is 20. The first-order valence-electron chi connectivity index (χ1n) is 45.9. The lowest BCUT2D eigenvalue weighted by Gasteiger charge is -2.41. The van der Waals surface area contributed by atoms with E-state index in [1.807, 2.05) is 73.1 Å². The van der Waals surface area contributed by atoms with Gasteiger partial charge in [-0.1, -0.05) is 55.5 Å². The lowest BCUT2D eigenvalue weighted by atomic mass is 10.00. The predicted molar refractivity (Wildman–Crippen MR) is 495 cm³/mol. The summed E-state index contributed by atoms with van der Waals surface area (Å²) < 4.78 is 59.4. The molecule has 25 nitrogen and oxygen atoms in total. The first-order chi connectivity index (χ1) is 64.1. The maximum atomic E-state index is 14.9. The summed E-state index contributed by atoms with van der Waals surface area (Å²) in [6, 6.07) is 41.8. The monoisotopic (exact) mass is 1780 g/mol. The lowest BCUT2D eigenvalue weighted by molar-refractivity contribution is -0.117. The van der Waals surface area contributed by atoms with Gasteiger partial charge in [-0.05, 0) is 254 Å². The van der Waals surface area contributed by atoms with E-state index in [0.29, 0.717) is 72.4 Å². The Balaban J connectivity index is 0.000000118. The summed E-state index contributed by atoms with van der Waals surface area (Å²) in [6.07, 6.45) is 31.1. The summed E-state index contributed by atoms with van der Waals surface area (Å²) >= 11 is 0. The molecule has 21 rings (SSSR count). The molecule has 8 bridgehead atoms. The number of likely N-dealkylation sites (N-methyl/N-ethyl adjacent to an activating group) is 1. The van der Waals surface area contributed by atoms with Crippen LogP contribution in [-0.2, 0) is 4.79 Å². The number of hydrogen-bond acceptors (Lipinski definition) is 20. The second-order valence-corrected chi connectivity index (χ2v) is 36.4. The van der Waals surface area contributed by atoms with Crippen LogP contribution in [0.1, 0.15) is 155 Å². The second-order valence-electron chi connectivity index (χ2n) is 36.4. The van der Waals surface area contributed by atoms with Gasteiger partial charge < -0.3 is 34.3 Å². The molecule has 29 heteroatoms. The van der Waals surface area contributed by atoms with E-state index in [0.717, 1.165) is 117 Å². The van der Waals surface area contributed by atoms with Gasteiger partial charge in [0, 0.05) is 127 Å². The standard InChI is InChI=1S/C27H28FN5O.C26H28FN5O.C25H24FN5O2.C25H26FN5O/c1-17-6-9-24(31-14-17)32(15-18-7-8-18)22-12-19-13-23(22)33(16-19)27(34)20-4-2-5-21(28)25(20)26-29-10-3-11-30-26;1-3-12-31(23-9-8-17(2)15-30-23)21-13-18-14-22(21)32(16-18)26(33)19-6-4-7-20(27)24(19)25-28-10-5-11-29-25;1-15-7-8-22(29-13-15)31(16(2)32)21-12-17-11-20(21)30(14-17)25(33)18-5-3-6-19(26)23(18)24-27-9-4-10-28-24;1-3-30(22-9-8-16(2)14-29-22)20-12-17-13-21(20)31(15-17)25(32)18-6-4-7-19(26)23(18)24-27-10-5-11-28-24/h2-6,9-11,14,18-19,22-23H,7-8,12-13,15-16H2,1H3;4-11,15,18,21-22H,3,12-14,16H2,1-2H3;3-10,13,17,20-21H,11-12,14H2,1-2H3;4-11,14,17,20-21H,3,12-13,15H2,1-2H3. The summed E-state index contributed by atoms with van der Waals surface area (Å²) in [7, 11) is 0. The third-order valence-electron chi connectivity index (χ3n) is 27.5. The number of hydrogen-bond donors (Lipinski definition) is 0. The molecular weight excluding hydrogens is 1670 g/mol. The molecule has 12 heterocycles. The molecule has 5 amide bonds. The van der Waals surface area contributed by atoms with Gasteiger partial charge in [-0.3, -0.25) is 28.9 Å². The number of carbonyl (C=O) groups excluding carboxylic acids is 5. The van der Waals surface area contributed by atoms with E-state index in [2.05, 4.69) is 120 Å². The zero-order valence-corrected chi connectivity index (χ0v) is 75.0. The molecule has 8 aromatic heterocycles. The van der Waals surface area contributed by atoms with Crippen molar-refractivity contribution in [3.63, 3.8) is 0 Å². The van der Waals surface area contributed by atoms with Crippen molar-refractivity contribution in [2.24, 2.45) is 29.6 Å². The fourth-order valence-electron chi connectivity index (χ4n) is 21.5. The van der Waals surface area contributed by atoms with E-state index in [9.17, 15) is 41.5 Å². The van der Waals surface area contributed by atoms with E-state index in [4.69, 9.17) is 4.98 Å². The molecule has 9 aliphatic rings. The van der Waals surface area contributed by atoms with Crippen molar-refractivity contribution in [1.82, 2.24) is 79.4 Å². The number of likely N-dealkylation sites (tertiary alicyclic amines) is 4. The molecule has 0 N–H and O–H groups in total. The van der Waals surface area contributed by atoms with E-state index in [1.54, 1.807) is 120 Å². The summed E-state index contributed by atoms with van der Waals surface area (Å²) in [5.41, 5.74) is 6.23. The zero-order valence-electron chi connectivity index (χ0n) is 75.0. The van der Waals surface area contributed by atoms with Crippen LogP contribution in [0.5, 0.6) is 0 Å². The van der Waals surface area contributed by atoms with Crippen molar-refractivity contribution in [1.29, 1.82) is 0 Å². The van der Waals surface area contributed by atoms with Gasteiger partial charge in [-0.2, -0.15) is 0 Å². The largest absolute Gasteiger partial charge is 0.352 e. The number of amides is 5. The minimum absolute atomic E-state index is 0.0726. The minimum Gasteiger partial charge on any atom is -0.352 e. The van der Waals surface area contributed by atoms with Gasteiger partial charge in [0.1, 0.15) is 46.5 Å². The molecule has 5 saturated carbocycles. The Morgan fingerprint density at radius 3 is 0.894 bits per heavy atom. The molecule has 676 valence electrons. The van der Waals surface area contributed by atoms with Crippen molar-refractivity contribution in [3.8, 4) is 45.6 Å². The van der Waals surface area contributed by atoms with E-state index < -0.39 is 23.3 Å². The quantitative estimate of drug-likeness (QED) is 0.0605. The van der Waals surface area contributed by atoms with E-state index >= 15 is 0 Å². The zero-order chi connectivity index (χ0) is 91.5. The van der Waals surface area contributed by atoms with Crippen molar-refractivity contribution in [3.05, 3.63) is 288 Å². The number of aryl methyl sites for hydroxylation is 4. The third-order valence-corrected chi connectivity index (χ3v) is 27.5. The third kappa shape index (κ3) is 18.3. The van der Waals surface area contributed by atoms with Crippen molar-refractivity contribution < 1.29 is 41.5 Å². The van der Waals surface area contributed by atoms with Gasteiger partial charge in [0.05, 0.1) is 92.8 Å². The Hall–Kier alpha value is -13.7. The van der Waals surface area contributed by atoms with Crippen LogP contribution in [0.2, 0.25) is 0 Å². The van der Waals surface area contributed by atoms with Crippen LogP contribution in [0.4, 0.5) is 40.8 Å². The molecule has 12 aromatic rings. The molecule has 0 spiro atoms. The van der Waals surface area contributed by atoms with Gasteiger partial charge in [0.15, 0.2) is 23.3 Å². The summed E-state index contributed by atoms with van der Waals surface area (Å²) in [5.74, 6) is 3.87. The van der Waals surface area contributed by atoms with Crippen LogP contribution in [0.3, 0.4) is 0 Å². The minimum atomic E-state index is -0.540. The van der Waals surface area contributed by atoms with Gasteiger partial charge in [-0.25, -0.2) is 77.4 Å². The van der Waals surface area contributed by atoms with Crippen molar-refractivity contribution >= 4 is 52.8 Å². The molecular formula is C103H106F4N20O5. The molecule has 5 aliphatic carbocycles. The molecule has 12 unspecified atom stereocenters. The van der Waals surface area contributed by atoms with Gasteiger partial charge in [-0.15, -0.1) is 0 Å². The normalized spacial score (nSPS) is 22.0. The first-order valence-corrected chi connectivity index (χ1v) is 45.9. The number of pyridine rings is 4. The first kappa shape index (κ1) is 88.9. The molecule has 4 aromatic carbocycles. The molecule has 132 heavy (non-hydrogen) atoms. The van der Waals surface area contributed by atoms with Crippen molar-refractivity contribution in [2.45, 2.75) is 167 Å². The number of halogens is 4. The van der Waals surface area contributed by atoms with Crippen LogP contribution >= 0.6 is 0 Å². The summed E-state index contributed by atoms with van der Waals surface area (Å²) in [4.78, 5) is 136. The predicted octanol–water partition coefficient (Wildman–Crippen LogP) is 16.8. The Morgan fingerprint density at radius 1 is 0.333 bits per heavy atom. The van der Waals surface area contributed by atoms with Crippen LogP contribution in [0.25, 0.3) is 45.6 Å². The Labute approximate surface area is 765 Å². The van der Waals surface area contributed by atoms with E-state index in [1.165, 1.54) is 62.5 Å². The Bertz CT molecular complexity index is 6140. The van der Waals surface area contributed by atoms with Crippen LogP contribution in [0, 0.1) is 80.6 Å². The number of fused-ring (bicyclic) bond motifs is 8. The highest BCUT2D eigenvalue weighted by Gasteiger charge is 2.55. The molecule has 0 radical (unpaired) electrons. The van der Waals surface area contributed by atoms with Crippen LogP contribution in [0.15, 0.2) is 220 Å². The molecule has 4 aliphatic heterocycles. The number of carbonyl (C=O) groups is 5. The summed E-state index contributed by atoms with van der Waals surface area (Å²) in [5, 5.41) is 0. The number of aromatic nitrogens is 12. The maximum absolute atomic E-state index is 14.9. The maximum Gasteiger partial charge on any atom is 0.255 e. The number of rotatable bonds is 21. The van der Waals surface area contributed by atoms with Crippen molar-refractivity contribution in [2.75, 3.05) is 65.4 Å². The number of piperidine rings is 4. The Morgan fingerprint density at radius 2 is 0.614 bits per heavy atom. The van der Waals surface area contributed by atoms with Crippen LogP contribution in [-0.4, -0.2) is 203 Å². The molecule has 12 atom stereocenters. The fourth-order valence-corrected chi connectivity index (χ4v) is 21.5. The topological polar surface area (TPSA) is 266 Å². The second kappa shape index (κ2) is 38.7. The lowest BCUT2D eigenvalue weighted by Crippen LogP contribution is -2.54. The number of anilines is 4. The van der Waals surface area contributed by atoms with Gasteiger partial charge >= 0.3 is 0 Å². The molecule has 9 fully saturated rings. The molecule has 4 saturated heterocycles. The smallest absolute Gasteiger partial charge is 0.255 e. The summed E-state index contributed by atoms with van der Waals surface area (Å²) in [6.45, 7) is 19.2. The van der Waals surface area contributed by atoms with Crippen LogP contribution < -0.4 is 19.6 Å². The average Bonchev–Trinajstić information content (AvgIpc) is 1.61. The fraction of sp³-hybridized carbons (Fsp3) is 0.369. The Kier molecular flexibility index (Phi) is 26.1. The average molecular weight is 1780 g/mol. The SMILES string of the molecule is CC(=O)N(c1ccc(C)cn1)C1CC2CC1N(C(=O)c1cccc(F)c1-c1ncccn1)C2.CCCN(c1ccc(C)cn1)C1CC2CC1N(C(=O)c1cccc(F)c1-c1ncccn1)C2.CCN(c1ccc(C)cn1)C1CC2CC1N(C(=O)c1cccc(F)c1-c1ncccn1)C2.Cc1ccc(N(CC2CC2)C2CC3CC2N(C(=O)c2cccc(F)c2-c2ncccn2)C3)nc1. The van der Waals surface area contributed by atoms with Gasteiger partial charge in [0.2, 0.25) is 5.91 Å². The highest BCUT2D eigenvalue weighted by Crippen LogP contribution is 2.49. The van der Waals surface area contributed by atoms with E-state index in [-0.39, 0.29) is 135 Å². The number of benzene rings is 4. The highest BCUT2D eigenvalue weighted by atomic mass is 19.1. The highest BCUT2D eigenvalue weighted by molar-refractivity contribution is 6.04.